The Labute approximate surface area is 332 Å². The highest BCUT2D eigenvalue weighted by atomic mass is 15.0. The summed E-state index contributed by atoms with van der Waals surface area (Å²) in [5.74, 6) is 1.74. The second-order valence-electron chi connectivity index (χ2n) is 15.0. The molecule has 57 heavy (non-hydrogen) atoms. The van der Waals surface area contributed by atoms with Gasteiger partial charge in [0.2, 0.25) is 0 Å². The molecule has 0 unspecified atom stereocenters. The van der Waals surface area contributed by atoms with E-state index in [9.17, 15) is 0 Å². The van der Waals surface area contributed by atoms with Crippen molar-refractivity contribution >= 4 is 0 Å². The van der Waals surface area contributed by atoms with Crippen molar-refractivity contribution in [2.24, 2.45) is 0 Å². The van der Waals surface area contributed by atoms with Crippen molar-refractivity contribution in [3.8, 4) is 89.8 Å². The molecule has 0 saturated carbocycles. The van der Waals surface area contributed by atoms with Crippen LogP contribution in [0.2, 0.25) is 0 Å². The molecule has 0 amide bonds. The summed E-state index contributed by atoms with van der Waals surface area (Å²) in [5, 5.41) is 0. The van der Waals surface area contributed by atoms with Gasteiger partial charge >= 0.3 is 0 Å². The number of rotatable bonds is 7. The highest BCUT2D eigenvalue weighted by Crippen LogP contribution is 2.51. The number of nitrogens with zero attached hydrogens (tertiary/aromatic N) is 5. The SMILES string of the molecule is CC1(C)c2cnccc2-c2c(-c3nc(-c4cc(-c5ccccc5)cc(-c5ccccc5)c4)nc(-c4cc(-c5ccccc5)cc(-c5ccccc5)c4)n3)cncc21. The maximum Gasteiger partial charge on any atom is 0.166 e. The van der Waals surface area contributed by atoms with Crippen LogP contribution in [-0.4, -0.2) is 24.9 Å². The Morgan fingerprint density at radius 3 is 1.16 bits per heavy atom. The van der Waals surface area contributed by atoms with E-state index < -0.39 is 0 Å². The number of benzene rings is 6. The van der Waals surface area contributed by atoms with Crippen LogP contribution in [0.5, 0.6) is 0 Å². The maximum atomic E-state index is 5.35. The molecule has 5 nitrogen and oxygen atoms in total. The highest BCUT2D eigenvalue weighted by Gasteiger charge is 2.38. The van der Waals surface area contributed by atoms with E-state index >= 15 is 0 Å². The fourth-order valence-electron chi connectivity index (χ4n) is 8.11. The molecule has 9 aromatic rings. The molecule has 270 valence electrons. The van der Waals surface area contributed by atoms with Crippen LogP contribution in [0.15, 0.2) is 189 Å². The second kappa shape index (κ2) is 14.0. The van der Waals surface area contributed by atoms with Gasteiger partial charge in [-0.05, 0) is 104 Å². The quantitative estimate of drug-likeness (QED) is 0.163. The lowest BCUT2D eigenvalue weighted by atomic mass is 9.84. The van der Waals surface area contributed by atoms with Gasteiger partial charge in [-0.1, -0.05) is 135 Å². The zero-order chi connectivity index (χ0) is 38.3. The number of fused-ring (bicyclic) bond motifs is 3. The molecule has 3 aromatic heterocycles. The standard InChI is InChI=1S/C52H37N5/c1-52(2)46-32-53-24-23-44(46)48-45(31-54-33-47(48)52)51-56-49(42-27-38(34-15-7-3-8-16-34)25-39(28-42)35-17-9-4-10-18-35)55-50(57-51)43-29-40(36-19-11-5-12-20-36)26-41(30-43)37-21-13-6-14-22-37/h3-33H,1-2H3. The third kappa shape index (κ3) is 6.29. The van der Waals surface area contributed by atoms with Crippen LogP contribution in [0.4, 0.5) is 0 Å². The molecule has 0 radical (unpaired) electrons. The number of pyridine rings is 2. The van der Waals surface area contributed by atoms with Gasteiger partial charge in [-0.25, -0.2) is 15.0 Å². The maximum absolute atomic E-state index is 5.35. The summed E-state index contributed by atoms with van der Waals surface area (Å²) in [4.78, 5) is 25.4. The Hall–Kier alpha value is -7.37. The van der Waals surface area contributed by atoms with Gasteiger partial charge in [0.15, 0.2) is 17.5 Å². The van der Waals surface area contributed by atoms with E-state index in [0.717, 1.165) is 83.5 Å². The van der Waals surface area contributed by atoms with Gasteiger partial charge in [-0.15, -0.1) is 0 Å². The fraction of sp³-hybridized carbons (Fsp3) is 0.0577. The topological polar surface area (TPSA) is 64.5 Å². The fourth-order valence-corrected chi connectivity index (χ4v) is 8.11. The van der Waals surface area contributed by atoms with Gasteiger partial charge in [0.1, 0.15) is 0 Å². The average Bonchev–Trinajstić information content (AvgIpc) is 3.53. The molecule has 0 saturated heterocycles. The highest BCUT2D eigenvalue weighted by molar-refractivity contribution is 5.91. The van der Waals surface area contributed by atoms with Crippen molar-refractivity contribution in [2.75, 3.05) is 0 Å². The number of aromatic nitrogens is 5. The zero-order valence-corrected chi connectivity index (χ0v) is 31.6. The van der Waals surface area contributed by atoms with Crippen molar-refractivity contribution in [1.29, 1.82) is 0 Å². The first-order chi connectivity index (χ1) is 28.0. The van der Waals surface area contributed by atoms with E-state index in [0.29, 0.717) is 17.5 Å². The van der Waals surface area contributed by atoms with Crippen LogP contribution in [0, 0.1) is 0 Å². The monoisotopic (exact) mass is 731 g/mol. The lowest BCUT2D eigenvalue weighted by molar-refractivity contribution is 0.654. The molecule has 1 aliphatic rings. The molecule has 0 aliphatic heterocycles. The van der Waals surface area contributed by atoms with Crippen LogP contribution in [0.1, 0.15) is 25.0 Å². The third-order valence-electron chi connectivity index (χ3n) is 11.1. The van der Waals surface area contributed by atoms with Crippen LogP contribution >= 0.6 is 0 Å². The summed E-state index contributed by atoms with van der Waals surface area (Å²) in [5.41, 5.74) is 15.7. The molecule has 0 atom stereocenters. The molecule has 5 heteroatoms. The minimum Gasteiger partial charge on any atom is -0.264 e. The number of hydrogen-bond acceptors (Lipinski definition) is 5. The molecule has 10 rings (SSSR count). The van der Waals surface area contributed by atoms with E-state index in [1.165, 1.54) is 0 Å². The summed E-state index contributed by atoms with van der Waals surface area (Å²) in [6, 6.07) is 57.3. The Morgan fingerprint density at radius 2 is 0.719 bits per heavy atom. The summed E-state index contributed by atoms with van der Waals surface area (Å²) in [6.45, 7) is 4.46. The van der Waals surface area contributed by atoms with Crippen LogP contribution < -0.4 is 0 Å². The predicted molar refractivity (Wildman–Crippen MR) is 231 cm³/mol. The first-order valence-corrected chi connectivity index (χ1v) is 19.2. The molecule has 0 fully saturated rings. The first kappa shape index (κ1) is 34.1. The van der Waals surface area contributed by atoms with E-state index in [-0.39, 0.29) is 5.41 Å². The minimum atomic E-state index is -0.288. The van der Waals surface area contributed by atoms with Gasteiger partial charge in [-0.3, -0.25) is 9.97 Å². The minimum absolute atomic E-state index is 0.288. The largest absolute Gasteiger partial charge is 0.264 e. The van der Waals surface area contributed by atoms with Gasteiger partial charge < -0.3 is 0 Å². The van der Waals surface area contributed by atoms with Crippen LogP contribution in [-0.2, 0) is 5.41 Å². The van der Waals surface area contributed by atoms with E-state index in [1.54, 1.807) is 0 Å². The summed E-state index contributed by atoms with van der Waals surface area (Å²) in [6.07, 6.45) is 7.72. The van der Waals surface area contributed by atoms with E-state index in [1.807, 2.05) is 49.1 Å². The van der Waals surface area contributed by atoms with Gasteiger partial charge in [-0.2, -0.15) is 0 Å². The van der Waals surface area contributed by atoms with E-state index in [2.05, 4.69) is 158 Å². The Kier molecular flexibility index (Phi) is 8.41. The van der Waals surface area contributed by atoms with Gasteiger partial charge in [0, 0.05) is 52.5 Å². The average molecular weight is 732 g/mol. The molecule has 0 N–H and O–H groups in total. The second-order valence-corrected chi connectivity index (χ2v) is 15.0. The Balaban J connectivity index is 1.25. The summed E-state index contributed by atoms with van der Waals surface area (Å²) < 4.78 is 0. The van der Waals surface area contributed by atoms with Gasteiger partial charge in [0.05, 0.1) is 0 Å². The summed E-state index contributed by atoms with van der Waals surface area (Å²) in [7, 11) is 0. The molecule has 0 bridgehead atoms. The lowest BCUT2D eigenvalue weighted by Crippen LogP contribution is -2.15. The van der Waals surface area contributed by atoms with Crippen molar-refractivity contribution < 1.29 is 0 Å². The lowest BCUT2D eigenvalue weighted by Gasteiger charge is -2.20. The molecule has 1 aliphatic carbocycles. The molecule has 3 heterocycles. The normalized spacial score (nSPS) is 12.5. The molecular weight excluding hydrogens is 695 g/mol. The molecule has 6 aromatic carbocycles. The van der Waals surface area contributed by atoms with Crippen molar-refractivity contribution in [3.63, 3.8) is 0 Å². The molecular formula is C52H37N5. The Bertz CT molecular complexity index is 2650. The Morgan fingerprint density at radius 1 is 0.333 bits per heavy atom. The van der Waals surface area contributed by atoms with Gasteiger partial charge in [0.25, 0.3) is 0 Å². The third-order valence-corrected chi connectivity index (χ3v) is 11.1. The molecule has 0 spiro atoms. The van der Waals surface area contributed by atoms with Crippen molar-refractivity contribution in [2.45, 2.75) is 19.3 Å². The smallest absolute Gasteiger partial charge is 0.166 e. The zero-order valence-electron chi connectivity index (χ0n) is 31.6. The van der Waals surface area contributed by atoms with Crippen LogP contribution in [0.25, 0.3) is 89.8 Å². The van der Waals surface area contributed by atoms with Crippen molar-refractivity contribution in [1.82, 2.24) is 24.9 Å². The summed E-state index contributed by atoms with van der Waals surface area (Å²) >= 11 is 0. The van der Waals surface area contributed by atoms with Crippen LogP contribution in [0.3, 0.4) is 0 Å². The predicted octanol–water partition coefficient (Wildman–Crippen LogP) is 12.6. The van der Waals surface area contributed by atoms with E-state index in [4.69, 9.17) is 19.9 Å². The van der Waals surface area contributed by atoms with Crippen molar-refractivity contribution in [3.05, 3.63) is 200 Å². The number of hydrogen-bond donors (Lipinski definition) is 0. The first-order valence-electron chi connectivity index (χ1n) is 19.2.